The largest absolute Gasteiger partial charge is 0.298 e. The lowest BCUT2D eigenvalue weighted by atomic mass is 9.62. The van der Waals surface area contributed by atoms with Gasteiger partial charge in [-0.05, 0) is 24.6 Å². The number of carbonyl (C=O) groups excluding carboxylic acids is 1. The molecular weight excluding hydrogens is 334 g/mol. The SMILES string of the molecule is Cc1ccc2cc(C3N4CC5(C)CN3CC(C)(C4)C5=O)c(Cl)nc2c1. The standard InChI is InChI=1S/C20H22ClN3O/c1-12-4-5-13-7-14(16(21)22-15(13)6-12)17-23-8-19(2)9-24(17)11-20(3,10-23)18(19)25/h4-7,17H,8-11H2,1-3H3. The topological polar surface area (TPSA) is 36.4 Å². The molecule has 130 valence electrons. The first-order chi connectivity index (χ1) is 11.8. The van der Waals surface area contributed by atoms with E-state index in [2.05, 4.69) is 59.8 Å². The van der Waals surface area contributed by atoms with Crippen molar-refractivity contribution in [2.75, 3.05) is 26.2 Å². The lowest BCUT2D eigenvalue weighted by Crippen LogP contribution is -2.75. The smallest absolute Gasteiger partial charge is 0.149 e. The third-order valence-electron chi connectivity index (χ3n) is 6.23. The van der Waals surface area contributed by atoms with Gasteiger partial charge in [0.1, 0.15) is 10.9 Å². The minimum atomic E-state index is -0.254. The number of pyridine rings is 1. The van der Waals surface area contributed by atoms with Crippen LogP contribution in [-0.2, 0) is 4.79 Å². The molecule has 0 spiro atoms. The zero-order valence-corrected chi connectivity index (χ0v) is 15.6. The molecule has 0 amide bonds. The number of nitrogens with zero attached hydrogens (tertiary/aromatic N) is 3. The van der Waals surface area contributed by atoms with Gasteiger partial charge in [0, 0.05) is 37.1 Å². The first-order valence-corrected chi connectivity index (χ1v) is 9.27. The molecule has 4 aliphatic heterocycles. The van der Waals surface area contributed by atoms with Crippen molar-refractivity contribution in [2.24, 2.45) is 10.8 Å². The zero-order chi connectivity index (χ0) is 17.6. The van der Waals surface area contributed by atoms with Crippen molar-refractivity contribution >= 4 is 28.3 Å². The highest BCUT2D eigenvalue weighted by molar-refractivity contribution is 6.30. The fourth-order valence-electron chi connectivity index (χ4n) is 5.44. The highest BCUT2D eigenvalue weighted by Gasteiger charge is 2.62. The van der Waals surface area contributed by atoms with Gasteiger partial charge in [-0.2, -0.15) is 0 Å². The van der Waals surface area contributed by atoms with E-state index in [4.69, 9.17) is 11.6 Å². The number of halogens is 1. The Hall–Kier alpha value is -1.49. The van der Waals surface area contributed by atoms with E-state index in [0.717, 1.165) is 42.6 Å². The number of Topliss-reactive ketones (excluding diaryl/α,β-unsaturated/α-hetero) is 1. The summed E-state index contributed by atoms with van der Waals surface area (Å²) in [5.74, 6) is 0.434. The van der Waals surface area contributed by atoms with Crippen LogP contribution in [0.15, 0.2) is 24.3 Å². The number of benzene rings is 1. The van der Waals surface area contributed by atoms with E-state index in [0.29, 0.717) is 10.9 Å². The molecule has 4 saturated heterocycles. The fourth-order valence-corrected chi connectivity index (χ4v) is 5.68. The van der Waals surface area contributed by atoms with Gasteiger partial charge in [-0.3, -0.25) is 14.6 Å². The van der Waals surface area contributed by atoms with Crippen molar-refractivity contribution < 1.29 is 4.79 Å². The van der Waals surface area contributed by atoms with Gasteiger partial charge in [-0.15, -0.1) is 0 Å². The molecule has 1 aromatic heterocycles. The lowest BCUT2D eigenvalue weighted by Gasteiger charge is -2.64. The molecule has 0 atom stereocenters. The molecule has 0 unspecified atom stereocenters. The van der Waals surface area contributed by atoms with Crippen LogP contribution in [0.5, 0.6) is 0 Å². The monoisotopic (exact) mass is 355 g/mol. The minimum Gasteiger partial charge on any atom is -0.298 e. The van der Waals surface area contributed by atoms with E-state index in [9.17, 15) is 4.79 Å². The summed E-state index contributed by atoms with van der Waals surface area (Å²) >= 11 is 6.61. The average molecular weight is 356 g/mol. The van der Waals surface area contributed by atoms with E-state index < -0.39 is 0 Å². The number of hydrogen-bond acceptors (Lipinski definition) is 4. The molecule has 0 N–H and O–H groups in total. The van der Waals surface area contributed by atoms with E-state index in [1.165, 1.54) is 5.56 Å². The minimum absolute atomic E-state index is 0.125. The number of aryl methyl sites for hydroxylation is 1. The molecule has 4 aliphatic rings. The van der Waals surface area contributed by atoms with Gasteiger partial charge >= 0.3 is 0 Å². The quantitative estimate of drug-likeness (QED) is 0.734. The van der Waals surface area contributed by atoms with Gasteiger partial charge in [0.25, 0.3) is 0 Å². The average Bonchev–Trinajstić information content (AvgIpc) is 2.51. The van der Waals surface area contributed by atoms with Crippen LogP contribution in [0.1, 0.15) is 31.1 Å². The Morgan fingerprint density at radius 2 is 1.68 bits per heavy atom. The van der Waals surface area contributed by atoms with Crippen molar-refractivity contribution in [3.05, 3.63) is 40.5 Å². The molecule has 5 heterocycles. The van der Waals surface area contributed by atoms with Crippen LogP contribution in [-0.4, -0.2) is 46.7 Å². The van der Waals surface area contributed by atoms with Crippen LogP contribution >= 0.6 is 11.6 Å². The van der Waals surface area contributed by atoms with E-state index in [1.807, 2.05) is 0 Å². The molecule has 4 bridgehead atoms. The third-order valence-corrected chi connectivity index (χ3v) is 6.53. The molecule has 5 heteroatoms. The summed E-state index contributed by atoms with van der Waals surface area (Å²) in [6.45, 7) is 9.54. The maximum absolute atomic E-state index is 12.8. The van der Waals surface area contributed by atoms with Gasteiger partial charge in [-0.25, -0.2) is 4.98 Å². The van der Waals surface area contributed by atoms with Crippen LogP contribution < -0.4 is 0 Å². The van der Waals surface area contributed by atoms with Crippen LogP contribution in [0, 0.1) is 17.8 Å². The Labute approximate surface area is 152 Å². The Morgan fingerprint density at radius 1 is 1.08 bits per heavy atom. The van der Waals surface area contributed by atoms with Crippen LogP contribution in [0.25, 0.3) is 10.9 Å². The Kier molecular flexibility index (Phi) is 3.03. The third kappa shape index (κ3) is 2.08. The molecule has 0 radical (unpaired) electrons. The lowest BCUT2D eigenvalue weighted by molar-refractivity contribution is -0.197. The Balaban J connectivity index is 1.61. The Morgan fingerprint density at radius 3 is 2.28 bits per heavy atom. The second-order valence-electron chi connectivity index (χ2n) is 8.70. The summed E-state index contributed by atoms with van der Waals surface area (Å²) in [6, 6.07) is 8.48. The van der Waals surface area contributed by atoms with Crippen molar-refractivity contribution in [2.45, 2.75) is 26.9 Å². The number of fused-ring (bicyclic) bond motifs is 1. The number of rotatable bonds is 1. The van der Waals surface area contributed by atoms with Crippen molar-refractivity contribution in [1.82, 2.24) is 14.8 Å². The van der Waals surface area contributed by atoms with E-state index in [-0.39, 0.29) is 17.0 Å². The summed E-state index contributed by atoms with van der Waals surface area (Å²) < 4.78 is 0. The zero-order valence-electron chi connectivity index (χ0n) is 14.8. The van der Waals surface area contributed by atoms with Crippen LogP contribution in [0.4, 0.5) is 0 Å². The fraction of sp³-hybridized carbons (Fsp3) is 0.500. The van der Waals surface area contributed by atoms with Crippen LogP contribution in [0.3, 0.4) is 0 Å². The first-order valence-electron chi connectivity index (χ1n) is 8.89. The molecule has 4 fully saturated rings. The van der Waals surface area contributed by atoms with Gasteiger partial charge in [0.05, 0.1) is 22.5 Å². The highest BCUT2D eigenvalue weighted by Crippen LogP contribution is 2.52. The summed E-state index contributed by atoms with van der Waals surface area (Å²) in [5, 5.41) is 1.70. The normalized spacial score (nSPS) is 39.4. The predicted molar refractivity (Wildman–Crippen MR) is 98.6 cm³/mol. The summed E-state index contributed by atoms with van der Waals surface area (Å²) in [7, 11) is 0. The molecule has 0 aliphatic carbocycles. The number of carbonyl (C=O) groups is 1. The summed E-state index contributed by atoms with van der Waals surface area (Å²) in [5.41, 5.74) is 2.68. The van der Waals surface area contributed by atoms with Gasteiger partial charge in [-0.1, -0.05) is 37.6 Å². The molecule has 4 nitrogen and oxygen atoms in total. The van der Waals surface area contributed by atoms with Gasteiger partial charge < -0.3 is 0 Å². The van der Waals surface area contributed by atoms with Crippen molar-refractivity contribution in [3.8, 4) is 0 Å². The highest BCUT2D eigenvalue weighted by atomic mass is 35.5. The van der Waals surface area contributed by atoms with Crippen LogP contribution in [0.2, 0.25) is 5.15 Å². The van der Waals surface area contributed by atoms with Gasteiger partial charge in [0.2, 0.25) is 0 Å². The molecular formula is C20H22ClN3O. The van der Waals surface area contributed by atoms with Crippen molar-refractivity contribution in [1.29, 1.82) is 0 Å². The number of piperidine rings is 2. The maximum atomic E-state index is 12.8. The predicted octanol–water partition coefficient (Wildman–Crippen LogP) is 3.42. The number of ketones is 1. The van der Waals surface area contributed by atoms with E-state index >= 15 is 0 Å². The first kappa shape index (κ1) is 15.7. The van der Waals surface area contributed by atoms with Crippen molar-refractivity contribution in [3.63, 3.8) is 0 Å². The molecule has 0 saturated carbocycles. The second kappa shape index (κ2) is 4.81. The molecule has 1 aromatic carbocycles. The number of aromatic nitrogens is 1. The maximum Gasteiger partial charge on any atom is 0.149 e. The summed E-state index contributed by atoms with van der Waals surface area (Å²) in [4.78, 5) is 22.4. The molecule has 25 heavy (non-hydrogen) atoms. The molecule has 6 rings (SSSR count). The molecule has 2 aromatic rings. The number of hydrogen-bond donors (Lipinski definition) is 0. The van der Waals surface area contributed by atoms with Gasteiger partial charge in [0.15, 0.2) is 0 Å². The Bertz CT molecular complexity index is 885. The second-order valence-corrected chi connectivity index (χ2v) is 9.06. The van der Waals surface area contributed by atoms with E-state index in [1.54, 1.807) is 0 Å². The summed E-state index contributed by atoms with van der Waals surface area (Å²) in [6.07, 6.45) is 0.125.